The van der Waals surface area contributed by atoms with Crippen LogP contribution in [-0.4, -0.2) is 5.78 Å². The lowest BCUT2D eigenvalue weighted by molar-refractivity contribution is -0.151. The Morgan fingerprint density at radius 1 is 1.25 bits per heavy atom. The number of carbonyl (C=O) groups excluding carboxylic acids is 1. The molecule has 0 aromatic heterocycles. The van der Waals surface area contributed by atoms with Gasteiger partial charge >= 0.3 is 0 Å². The number of carbonyl (C=O) groups is 1. The summed E-state index contributed by atoms with van der Waals surface area (Å²) in [6, 6.07) is 0. The van der Waals surface area contributed by atoms with Crippen molar-refractivity contribution in [2.75, 3.05) is 0 Å². The molecule has 3 saturated carbocycles. The number of allylic oxidation sites excluding steroid dienone is 4. The molecule has 1 heteroatoms. The van der Waals surface area contributed by atoms with Gasteiger partial charge in [-0.25, -0.2) is 0 Å². The molecule has 0 saturated heterocycles. The molecule has 0 radical (unpaired) electrons. The van der Waals surface area contributed by atoms with E-state index in [1.165, 1.54) is 25.7 Å². The van der Waals surface area contributed by atoms with Crippen LogP contribution in [0, 0.1) is 45.8 Å². The Kier molecular flexibility index (Phi) is 2.86. The normalized spacial score (nSPS) is 54.7. The Morgan fingerprint density at radius 3 is 2.75 bits per heavy atom. The van der Waals surface area contributed by atoms with Crippen LogP contribution in [0.2, 0.25) is 0 Å². The molecule has 0 aromatic carbocycles. The summed E-state index contributed by atoms with van der Waals surface area (Å²) in [7, 11) is 0. The Bertz CT molecular complexity index is 670. The number of ketones is 1. The molecule has 24 heavy (non-hydrogen) atoms. The molecule has 0 heterocycles. The third kappa shape index (κ3) is 1.56. The molecule has 0 amide bonds. The van der Waals surface area contributed by atoms with Gasteiger partial charge in [-0.3, -0.25) is 4.79 Å². The van der Waals surface area contributed by atoms with Gasteiger partial charge < -0.3 is 0 Å². The molecule has 1 unspecified atom stereocenters. The monoisotopic (exact) mass is 324 g/mol. The number of hydrogen-bond donors (Lipinski definition) is 0. The predicted octanol–water partition coefficient (Wildman–Crippen LogP) is 5.57. The van der Waals surface area contributed by atoms with Gasteiger partial charge in [0.05, 0.1) is 0 Å². The molecule has 0 aliphatic heterocycles. The van der Waals surface area contributed by atoms with Crippen LogP contribution in [0.3, 0.4) is 0 Å². The van der Waals surface area contributed by atoms with Crippen molar-refractivity contribution in [3.05, 3.63) is 23.8 Å². The van der Waals surface area contributed by atoms with E-state index >= 15 is 0 Å². The van der Waals surface area contributed by atoms with Crippen molar-refractivity contribution in [1.29, 1.82) is 0 Å². The maximum atomic E-state index is 12.2. The summed E-state index contributed by atoms with van der Waals surface area (Å²) in [4.78, 5) is 12.2. The largest absolute Gasteiger partial charge is 0.299 e. The van der Waals surface area contributed by atoms with Crippen molar-refractivity contribution in [2.45, 2.75) is 66.2 Å². The van der Waals surface area contributed by atoms with Crippen LogP contribution >= 0.6 is 0 Å². The van der Waals surface area contributed by atoms with Crippen LogP contribution < -0.4 is 0 Å². The minimum Gasteiger partial charge on any atom is -0.299 e. The van der Waals surface area contributed by atoms with Crippen molar-refractivity contribution in [3.8, 4) is 0 Å². The average Bonchev–Trinajstić information content (AvgIpc) is 2.97. The zero-order valence-electron chi connectivity index (χ0n) is 15.8. The van der Waals surface area contributed by atoms with E-state index in [9.17, 15) is 4.79 Å². The minimum absolute atomic E-state index is 0.234. The highest BCUT2D eigenvalue weighted by Crippen LogP contribution is 2.73. The topological polar surface area (TPSA) is 17.1 Å². The Hall–Kier alpha value is -0.850. The molecule has 0 N–H and O–H groups in total. The molecule has 7 atom stereocenters. The Balaban J connectivity index is 1.53. The molecule has 1 nitrogen and oxygen atoms in total. The van der Waals surface area contributed by atoms with Gasteiger partial charge in [-0.2, -0.15) is 0 Å². The summed E-state index contributed by atoms with van der Waals surface area (Å²) >= 11 is 0. The highest BCUT2D eigenvalue weighted by molar-refractivity contribution is 5.92. The fourth-order valence-electron chi connectivity index (χ4n) is 7.85. The van der Waals surface area contributed by atoms with Crippen LogP contribution in [0.4, 0.5) is 0 Å². The molecule has 0 bridgehead atoms. The van der Waals surface area contributed by atoms with E-state index in [0.29, 0.717) is 17.1 Å². The first-order chi connectivity index (χ1) is 11.3. The van der Waals surface area contributed by atoms with Crippen LogP contribution in [0.15, 0.2) is 23.8 Å². The van der Waals surface area contributed by atoms with E-state index in [2.05, 4.69) is 45.9 Å². The lowest BCUT2D eigenvalue weighted by atomic mass is 9.41. The molecular formula is C23H32O. The van der Waals surface area contributed by atoms with Crippen molar-refractivity contribution in [1.82, 2.24) is 0 Å². The Labute approximate surface area is 147 Å². The first kappa shape index (κ1) is 15.4. The second-order valence-corrected chi connectivity index (χ2v) is 10.6. The summed E-state index contributed by atoms with van der Waals surface area (Å²) < 4.78 is 0. The molecule has 130 valence electrons. The van der Waals surface area contributed by atoms with E-state index in [-0.39, 0.29) is 16.7 Å². The zero-order chi connectivity index (χ0) is 16.9. The molecule has 3 fully saturated rings. The summed E-state index contributed by atoms with van der Waals surface area (Å²) in [6.45, 7) is 9.94. The van der Waals surface area contributed by atoms with Crippen molar-refractivity contribution in [3.63, 3.8) is 0 Å². The zero-order valence-corrected chi connectivity index (χ0v) is 15.8. The number of Topliss-reactive ketones (excluding diaryl/α,β-unsaturated/α-hetero) is 1. The van der Waals surface area contributed by atoms with Crippen molar-refractivity contribution >= 4 is 5.78 Å². The quantitative estimate of drug-likeness (QED) is 0.577. The number of fused-ring (bicyclic) bond motifs is 3. The fourth-order valence-corrected chi connectivity index (χ4v) is 7.85. The molecule has 5 aliphatic carbocycles. The lowest BCUT2D eigenvalue weighted by Crippen LogP contribution is -2.58. The SMILES string of the molecule is CC(C)[C@@H]1CC[C@]2(C)C[C@H]3C(=CCC45CC(=O)[C@@H]4C=C[C@@]35C)C[C@@H]12. The smallest absolute Gasteiger partial charge is 0.140 e. The molecule has 5 rings (SSSR count). The standard InChI is InChI=1S/C23H32O/c1-14(2)16-6-8-21(3)12-19-15(11-18(16)21)5-10-23-13-20(24)17(23)7-9-22(19,23)4/h5,7,9,14,16-19H,6,8,10-13H2,1-4H3/t16-,17-,18-,19-,21+,22-,23?/m0/s1. The lowest BCUT2D eigenvalue weighted by Gasteiger charge is -2.61. The maximum Gasteiger partial charge on any atom is 0.140 e. The van der Waals surface area contributed by atoms with E-state index < -0.39 is 0 Å². The van der Waals surface area contributed by atoms with E-state index in [4.69, 9.17) is 0 Å². The summed E-state index contributed by atoms with van der Waals surface area (Å²) in [5, 5.41) is 0. The predicted molar refractivity (Wildman–Crippen MR) is 97.4 cm³/mol. The van der Waals surface area contributed by atoms with E-state index in [1.54, 1.807) is 5.57 Å². The van der Waals surface area contributed by atoms with Gasteiger partial charge in [0.1, 0.15) is 5.78 Å². The summed E-state index contributed by atoms with van der Waals surface area (Å²) in [5.41, 5.74) is 2.76. The highest BCUT2D eigenvalue weighted by atomic mass is 16.1. The number of rotatable bonds is 1. The van der Waals surface area contributed by atoms with E-state index in [0.717, 1.165) is 30.6 Å². The molecule has 5 aliphatic rings. The first-order valence-electron chi connectivity index (χ1n) is 10.2. The first-order valence-corrected chi connectivity index (χ1v) is 10.2. The number of hydrogen-bond acceptors (Lipinski definition) is 1. The van der Waals surface area contributed by atoms with Crippen molar-refractivity contribution in [2.24, 2.45) is 45.8 Å². The third-order valence-corrected chi connectivity index (χ3v) is 9.48. The van der Waals surface area contributed by atoms with Gasteiger partial charge in [-0.15, -0.1) is 0 Å². The van der Waals surface area contributed by atoms with Gasteiger partial charge in [0.2, 0.25) is 0 Å². The van der Waals surface area contributed by atoms with Gasteiger partial charge in [-0.1, -0.05) is 51.5 Å². The third-order valence-electron chi connectivity index (χ3n) is 9.48. The maximum absolute atomic E-state index is 12.2. The highest BCUT2D eigenvalue weighted by Gasteiger charge is 2.68. The van der Waals surface area contributed by atoms with Gasteiger partial charge in [0.15, 0.2) is 0 Å². The summed E-state index contributed by atoms with van der Waals surface area (Å²) in [5.74, 6) is 4.04. The van der Waals surface area contributed by atoms with Crippen LogP contribution in [-0.2, 0) is 4.79 Å². The Morgan fingerprint density at radius 2 is 2.04 bits per heavy atom. The van der Waals surface area contributed by atoms with Crippen LogP contribution in [0.1, 0.15) is 66.2 Å². The molecular weight excluding hydrogens is 292 g/mol. The fraction of sp³-hybridized carbons (Fsp3) is 0.783. The minimum atomic E-state index is 0.234. The second-order valence-electron chi connectivity index (χ2n) is 10.6. The van der Waals surface area contributed by atoms with Gasteiger partial charge in [-0.05, 0) is 66.6 Å². The van der Waals surface area contributed by atoms with Crippen LogP contribution in [0.25, 0.3) is 0 Å². The van der Waals surface area contributed by atoms with Crippen LogP contribution in [0.5, 0.6) is 0 Å². The molecule has 0 aromatic rings. The van der Waals surface area contributed by atoms with E-state index in [1.807, 2.05) is 0 Å². The van der Waals surface area contributed by atoms with Gasteiger partial charge in [0, 0.05) is 17.8 Å². The van der Waals surface area contributed by atoms with Crippen molar-refractivity contribution < 1.29 is 4.79 Å². The molecule has 1 spiro atoms. The average molecular weight is 325 g/mol. The summed E-state index contributed by atoms with van der Waals surface area (Å²) in [6.07, 6.45) is 14.9. The van der Waals surface area contributed by atoms with Gasteiger partial charge in [0.25, 0.3) is 0 Å². The second kappa shape index (κ2) is 4.46.